The third-order valence-corrected chi connectivity index (χ3v) is 3.54. The zero-order valence-corrected chi connectivity index (χ0v) is 13.0. The van der Waals surface area contributed by atoms with Crippen molar-refractivity contribution >= 4 is 11.6 Å². The molecule has 1 aliphatic rings. The standard InChI is InChI=1S/C15H23F2N3O2/c1-10(2)8-20-9-12(14(19-20)15(16)17)18-13(21)6-5-11-4-3-7-22-11/h9-11,15H,3-8H2,1-2H3,(H,18,21). The van der Waals surface area contributed by atoms with Crippen LogP contribution in [0.25, 0.3) is 0 Å². The highest BCUT2D eigenvalue weighted by atomic mass is 19.3. The predicted octanol–water partition coefficient (Wildman–Crippen LogP) is 3.37. The van der Waals surface area contributed by atoms with Crippen molar-refractivity contribution in [1.29, 1.82) is 0 Å². The van der Waals surface area contributed by atoms with Crippen LogP contribution in [0.5, 0.6) is 0 Å². The van der Waals surface area contributed by atoms with Gasteiger partial charge in [0, 0.05) is 25.8 Å². The molecule has 1 aromatic rings. The molecule has 0 saturated carbocycles. The van der Waals surface area contributed by atoms with E-state index in [1.165, 1.54) is 10.9 Å². The molecule has 1 fully saturated rings. The van der Waals surface area contributed by atoms with Gasteiger partial charge in [-0.15, -0.1) is 0 Å². The highest BCUT2D eigenvalue weighted by molar-refractivity contribution is 5.91. The fraction of sp³-hybridized carbons (Fsp3) is 0.733. The first kappa shape index (κ1) is 16.9. The first-order valence-corrected chi connectivity index (χ1v) is 7.72. The Labute approximate surface area is 129 Å². The summed E-state index contributed by atoms with van der Waals surface area (Å²) in [5, 5.41) is 6.42. The first-order valence-electron chi connectivity index (χ1n) is 7.72. The topological polar surface area (TPSA) is 56.2 Å². The first-order chi connectivity index (χ1) is 10.5. The minimum atomic E-state index is -2.71. The molecule has 0 bridgehead atoms. The highest BCUT2D eigenvalue weighted by Gasteiger charge is 2.21. The molecule has 7 heteroatoms. The number of anilines is 1. The third kappa shape index (κ3) is 4.76. The summed E-state index contributed by atoms with van der Waals surface area (Å²) in [7, 11) is 0. The number of alkyl halides is 2. The van der Waals surface area contributed by atoms with Gasteiger partial charge in [-0.05, 0) is 25.2 Å². The molecule has 1 atom stereocenters. The second-order valence-electron chi connectivity index (χ2n) is 6.07. The molecule has 1 saturated heterocycles. The van der Waals surface area contributed by atoms with Gasteiger partial charge < -0.3 is 10.1 Å². The number of nitrogens with zero attached hydrogens (tertiary/aromatic N) is 2. The highest BCUT2D eigenvalue weighted by Crippen LogP contribution is 2.26. The number of aromatic nitrogens is 2. The molecule has 0 aliphatic carbocycles. The Morgan fingerprint density at radius 1 is 1.55 bits per heavy atom. The van der Waals surface area contributed by atoms with E-state index in [0.717, 1.165) is 19.4 Å². The van der Waals surface area contributed by atoms with Crippen LogP contribution in [-0.4, -0.2) is 28.4 Å². The summed E-state index contributed by atoms with van der Waals surface area (Å²) in [6.07, 6.45) is 1.75. The minimum Gasteiger partial charge on any atom is -0.378 e. The van der Waals surface area contributed by atoms with Crippen LogP contribution in [0, 0.1) is 5.92 Å². The van der Waals surface area contributed by atoms with E-state index in [0.29, 0.717) is 13.0 Å². The average molecular weight is 315 g/mol. The Bertz CT molecular complexity index is 497. The Morgan fingerprint density at radius 2 is 2.32 bits per heavy atom. The van der Waals surface area contributed by atoms with Gasteiger partial charge in [-0.3, -0.25) is 9.48 Å². The zero-order valence-electron chi connectivity index (χ0n) is 13.0. The number of carbonyl (C=O) groups excluding carboxylic acids is 1. The molecular formula is C15H23F2N3O2. The van der Waals surface area contributed by atoms with Crippen molar-refractivity contribution in [2.24, 2.45) is 5.92 Å². The van der Waals surface area contributed by atoms with Gasteiger partial charge in [-0.2, -0.15) is 5.10 Å². The van der Waals surface area contributed by atoms with Crippen LogP contribution in [0.2, 0.25) is 0 Å². The molecule has 1 aliphatic heterocycles. The number of rotatable bonds is 7. The Kier molecular flexibility index (Phi) is 5.88. The Balaban J connectivity index is 1.94. The molecule has 0 aromatic carbocycles. The maximum atomic E-state index is 13.0. The molecule has 22 heavy (non-hydrogen) atoms. The molecule has 1 N–H and O–H groups in total. The molecule has 2 rings (SSSR count). The minimum absolute atomic E-state index is 0.105. The number of halogens is 2. The summed E-state index contributed by atoms with van der Waals surface area (Å²) in [5.74, 6) is 0.00925. The van der Waals surface area contributed by atoms with Gasteiger partial charge in [0.2, 0.25) is 5.91 Å². The maximum absolute atomic E-state index is 13.0. The van der Waals surface area contributed by atoms with Crippen molar-refractivity contribution in [3.05, 3.63) is 11.9 Å². The molecule has 1 unspecified atom stereocenters. The lowest BCUT2D eigenvalue weighted by Gasteiger charge is -2.09. The van der Waals surface area contributed by atoms with E-state index < -0.39 is 6.43 Å². The third-order valence-electron chi connectivity index (χ3n) is 3.54. The van der Waals surface area contributed by atoms with Crippen molar-refractivity contribution in [3.8, 4) is 0 Å². The molecule has 0 radical (unpaired) electrons. The van der Waals surface area contributed by atoms with E-state index >= 15 is 0 Å². The Hall–Kier alpha value is -1.50. The normalized spacial score (nSPS) is 18.4. The fourth-order valence-electron chi connectivity index (χ4n) is 2.54. The average Bonchev–Trinajstić information content (AvgIpc) is 3.05. The van der Waals surface area contributed by atoms with Crippen LogP contribution < -0.4 is 5.32 Å². The van der Waals surface area contributed by atoms with Crippen LogP contribution in [-0.2, 0) is 16.1 Å². The van der Waals surface area contributed by atoms with E-state index in [9.17, 15) is 13.6 Å². The van der Waals surface area contributed by atoms with Crippen molar-refractivity contribution < 1.29 is 18.3 Å². The predicted molar refractivity (Wildman–Crippen MR) is 78.9 cm³/mol. The number of amides is 1. The molecule has 1 amide bonds. The smallest absolute Gasteiger partial charge is 0.284 e. The van der Waals surface area contributed by atoms with E-state index in [1.54, 1.807) is 0 Å². The van der Waals surface area contributed by atoms with Gasteiger partial charge >= 0.3 is 0 Å². The van der Waals surface area contributed by atoms with Gasteiger partial charge in [-0.25, -0.2) is 8.78 Å². The van der Waals surface area contributed by atoms with Crippen molar-refractivity contribution in [1.82, 2.24) is 9.78 Å². The van der Waals surface area contributed by atoms with Crippen LogP contribution >= 0.6 is 0 Å². The van der Waals surface area contributed by atoms with Crippen LogP contribution in [0.3, 0.4) is 0 Å². The van der Waals surface area contributed by atoms with Gasteiger partial charge in [0.25, 0.3) is 6.43 Å². The van der Waals surface area contributed by atoms with Crippen LogP contribution in [0.4, 0.5) is 14.5 Å². The molecule has 124 valence electrons. The monoisotopic (exact) mass is 315 g/mol. The lowest BCUT2D eigenvalue weighted by Crippen LogP contribution is -2.15. The fourth-order valence-corrected chi connectivity index (χ4v) is 2.54. The number of carbonyl (C=O) groups is 1. The molecule has 2 heterocycles. The van der Waals surface area contributed by atoms with Gasteiger partial charge in [-0.1, -0.05) is 13.8 Å². The number of hydrogen-bond donors (Lipinski definition) is 1. The van der Waals surface area contributed by atoms with Gasteiger partial charge in [0.15, 0.2) is 5.69 Å². The maximum Gasteiger partial charge on any atom is 0.284 e. The summed E-state index contributed by atoms with van der Waals surface area (Å²) >= 11 is 0. The van der Waals surface area contributed by atoms with Crippen molar-refractivity contribution in [2.45, 2.75) is 58.6 Å². The van der Waals surface area contributed by atoms with E-state index in [4.69, 9.17) is 4.74 Å². The molecule has 0 spiro atoms. The summed E-state index contributed by atoms with van der Waals surface area (Å²) < 4.78 is 32.9. The lowest BCUT2D eigenvalue weighted by molar-refractivity contribution is -0.116. The largest absolute Gasteiger partial charge is 0.378 e. The summed E-state index contributed by atoms with van der Waals surface area (Å²) in [5.41, 5.74) is -0.265. The Morgan fingerprint density at radius 3 is 2.91 bits per heavy atom. The number of hydrogen-bond acceptors (Lipinski definition) is 3. The van der Waals surface area contributed by atoms with E-state index in [1.807, 2.05) is 13.8 Å². The van der Waals surface area contributed by atoms with Gasteiger partial charge in [0.05, 0.1) is 11.8 Å². The SMILES string of the molecule is CC(C)Cn1cc(NC(=O)CCC2CCCO2)c(C(F)F)n1. The van der Waals surface area contributed by atoms with E-state index in [-0.39, 0.29) is 35.7 Å². The van der Waals surface area contributed by atoms with Crippen molar-refractivity contribution in [3.63, 3.8) is 0 Å². The van der Waals surface area contributed by atoms with Crippen LogP contribution in [0.15, 0.2) is 6.20 Å². The quantitative estimate of drug-likeness (QED) is 0.839. The molecular weight excluding hydrogens is 292 g/mol. The lowest BCUT2D eigenvalue weighted by atomic mass is 10.1. The second-order valence-corrected chi connectivity index (χ2v) is 6.07. The van der Waals surface area contributed by atoms with Gasteiger partial charge in [0.1, 0.15) is 0 Å². The zero-order chi connectivity index (χ0) is 16.1. The summed E-state index contributed by atoms with van der Waals surface area (Å²) in [6, 6.07) is 0. The van der Waals surface area contributed by atoms with Crippen LogP contribution in [0.1, 0.15) is 51.7 Å². The van der Waals surface area contributed by atoms with Crippen molar-refractivity contribution in [2.75, 3.05) is 11.9 Å². The summed E-state index contributed by atoms with van der Waals surface area (Å²) in [4.78, 5) is 11.9. The molecule has 5 nitrogen and oxygen atoms in total. The second kappa shape index (κ2) is 7.67. The summed E-state index contributed by atoms with van der Waals surface area (Å²) in [6.45, 7) is 5.22. The number of nitrogens with one attached hydrogen (secondary N) is 1. The van der Waals surface area contributed by atoms with E-state index in [2.05, 4.69) is 10.4 Å². The number of ether oxygens (including phenoxy) is 1. The molecule has 1 aromatic heterocycles.